The van der Waals surface area contributed by atoms with E-state index in [1.807, 2.05) is 6.08 Å². The number of likely N-dealkylation sites (tertiary alicyclic amines) is 1. The van der Waals surface area contributed by atoms with Gasteiger partial charge in [0.25, 0.3) is 0 Å². The number of halogens is 1. The fraction of sp³-hybridized carbons (Fsp3) is 0.478. The van der Waals surface area contributed by atoms with Gasteiger partial charge >= 0.3 is 0 Å². The molecule has 2 N–H and O–H groups in total. The molecule has 4 rings (SSSR count). The number of ketones is 1. The average molecular weight is 474 g/mol. The van der Waals surface area contributed by atoms with Crippen LogP contribution in [0, 0.1) is 11.7 Å². The van der Waals surface area contributed by atoms with Crippen LogP contribution in [0.1, 0.15) is 49.4 Å². The molecular weight excluding hydrogens is 445 g/mol. The number of hydroxylamine groups is 1. The topological polar surface area (TPSA) is 100 Å². The lowest BCUT2D eigenvalue weighted by molar-refractivity contribution is -0.129. The number of hydrogen-bond acceptors (Lipinski definition) is 7. The quantitative estimate of drug-likeness (QED) is 0.294. The van der Waals surface area contributed by atoms with E-state index in [-0.39, 0.29) is 29.2 Å². The number of rotatable bonds is 9. The number of carbonyl (C=O) groups excluding carboxylic acids is 2. The molecule has 0 bridgehead atoms. The highest BCUT2D eigenvalue weighted by atomic mass is 32.1. The van der Waals surface area contributed by atoms with Gasteiger partial charge in [0.05, 0.1) is 17.9 Å². The summed E-state index contributed by atoms with van der Waals surface area (Å²) in [4.78, 5) is 26.5. The molecular formula is C23H28FN5O3S. The van der Waals surface area contributed by atoms with Gasteiger partial charge in [0.2, 0.25) is 5.91 Å². The molecule has 2 aliphatic rings. The van der Waals surface area contributed by atoms with E-state index in [0.717, 1.165) is 30.5 Å². The summed E-state index contributed by atoms with van der Waals surface area (Å²) in [6.45, 7) is 1.60. The molecule has 1 saturated carbocycles. The Bertz CT molecular complexity index is 1040. The zero-order valence-corrected chi connectivity index (χ0v) is 19.1. The maximum Gasteiger partial charge on any atom is 0.243 e. The van der Waals surface area contributed by atoms with Crippen LogP contribution in [-0.4, -0.2) is 55.1 Å². The predicted octanol–water partition coefficient (Wildman–Crippen LogP) is 2.81. The largest absolute Gasteiger partial charge is 0.297 e. The first-order valence-electron chi connectivity index (χ1n) is 11.2. The van der Waals surface area contributed by atoms with Crippen LogP contribution in [0.3, 0.4) is 0 Å². The van der Waals surface area contributed by atoms with E-state index < -0.39 is 11.9 Å². The maximum atomic E-state index is 14.7. The van der Waals surface area contributed by atoms with Crippen LogP contribution >= 0.6 is 12.6 Å². The van der Waals surface area contributed by atoms with Crippen molar-refractivity contribution in [2.45, 2.75) is 49.9 Å². The Balaban J connectivity index is 1.54. The van der Waals surface area contributed by atoms with E-state index in [2.05, 4.69) is 15.2 Å². The van der Waals surface area contributed by atoms with Crippen molar-refractivity contribution in [1.29, 1.82) is 0 Å². The molecule has 1 aromatic heterocycles. The van der Waals surface area contributed by atoms with Crippen LogP contribution in [0.5, 0.6) is 0 Å². The SMILES string of the molecule is O=C(CCCn1nncc1/C=C1\CN(C(C(=O)C2CC2)c2ccccc2F)CCC1S)NO. The standard InChI is InChI=1S/C23H28FN5O3S/c24-19-5-2-1-4-18(19)22(23(31)15-7-8-15)28-11-9-20(33)16(14-28)12-17-13-25-27-29(17)10-3-6-21(30)26-32/h1-2,4-5,12-13,15,20,22,32-33H,3,6-11,14H2,(H,26,30)/b16-12+. The Kier molecular flexibility index (Phi) is 7.56. The Morgan fingerprint density at radius 3 is 2.82 bits per heavy atom. The molecule has 1 aliphatic carbocycles. The smallest absolute Gasteiger partial charge is 0.243 e. The zero-order chi connectivity index (χ0) is 23.4. The van der Waals surface area contributed by atoms with Crippen molar-refractivity contribution < 1.29 is 19.2 Å². The Hall–Kier alpha value is -2.56. The summed E-state index contributed by atoms with van der Waals surface area (Å²) >= 11 is 4.75. The number of carbonyl (C=O) groups is 2. The van der Waals surface area contributed by atoms with Gasteiger partial charge in [-0.25, -0.2) is 14.6 Å². The highest BCUT2D eigenvalue weighted by molar-refractivity contribution is 7.81. The van der Waals surface area contributed by atoms with Gasteiger partial charge in [0.15, 0.2) is 5.78 Å². The summed E-state index contributed by atoms with van der Waals surface area (Å²) in [5, 5.41) is 16.7. The van der Waals surface area contributed by atoms with E-state index in [9.17, 15) is 14.0 Å². The lowest BCUT2D eigenvalue weighted by Crippen LogP contribution is -2.42. The first kappa shape index (κ1) is 23.6. The van der Waals surface area contributed by atoms with Crippen molar-refractivity contribution in [3.63, 3.8) is 0 Å². The fourth-order valence-electron chi connectivity index (χ4n) is 4.26. The van der Waals surface area contributed by atoms with Crippen LogP contribution in [0.15, 0.2) is 36.0 Å². The summed E-state index contributed by atoms with van der Waals surface area (Å²) in [6, 6.07) is 5.92. The van der Waals surface area contributed by atoms with Gasteiger partial charge in [-0.1, -0.05) is 23.4 Å². The highest BCUT2D eigenvalue weighted by Crippen LogP contribution is 2.39. The Labute approximate surface area is 197 Å². The van der Waals surface area contributed by atoms with Gasteiger partial charge in [-0.05, 0) is 43.4 Å². The lowest BCUT2D eigenvalue weighted by Gasteiger charge is -2.37. The Morgan fingerprint density at radius 2 is 2.09 bits per heavy atom. The van der Waals surface area contributed by atoms with Crippen LogP contribution in [0.25, 0.3) is 6.08 Å². The van der Waals surface area contributed by atoms with E-state index >= 15 is 0 Å². The number of piperidine rings is 1. The van der Waals surface area contributed by atoms with Gasteiger partial charge in [0, 0.05) is 42.8 Å². The molecule has 1 amide bonds. The fourth-order valence-corrected chi connectivity index (χ4v) is 4.53. The minimum Gasteiger partial charge on any atom is -0.297 e. The second-order valence-corrected chi connectivity index (χ2v) is 9.24. The van der Waals surface area contributed by atoms with E-state index in [1.54, 1.807) is 34.6 Å². The molecule has 2 aromatic rings. The zero-order valence-electron chi connectivity index (χ0n) is 18.2. The van der Waals surface area contributed by atoms with Crippen molar-refractivity contribution in [3.8, 4) is 0 Å². The Morgan fingerprint density at radius 1 is 1.30 bits per heavy atom. The monoisotopic (exact) mass is 473 g/mol. The number of Topliss-reactive ketones (excluding diaryl/α,β-unsaturated/α-hetero) is 1. The summed E-state index contributed by atoms with van der Waals surface area (Å²) in [7, 11) is 0. The van der Waals surface area contributed by atoms with E-state index in [4.69, 9.17) is 17.8 Å². The number of aryl methyl sites for hydroxylation is 1. The second kappa shape index (κ2) is 10.6. The van der Waals surface area contributed by atoms with Crippen molar-refractivity contribution in [2.24, 2.45) is 5.92 Å². The van der Waals surface area contributed by atoms with Gasteiger partial charge in [-0.2, -0.15) is 12.6 Å². The molecule has 8 nitrogen and oxygen atoms in total. The summed E-state index contributed by atoms with van der Waals surface area (Å²) < 4.78 is 16.4. The third-order valence-corrected chi connectivity index (χ3v) is 6.79. The average Bonchev–Trinajstić information content (AvgIpc) is 3.58. The third-order valence-electron chi connectivity index (χ3n) is 6.20. The minimum atomic E-state index is -0.608. The lowest BCUT2D eigenvalue weighted by atomic mass is 9.93. The number of aromatic nitrogens is 3. The van der Waals surface area contributed by atoms with Crippen molar-refractivity contribution in [2.75, 3.05) is 13.1 Å². The van der Waals surface area contributed by atoms with Crippen LogP contribution in [-0.2, 0) is 16.1 Å². The molecule has 1 saturated heterocycles. The third kappa shape index (κ3) is 5.69. The highest BCUT2D eigenvalue weighted by Gasteiger charge is 2.40. The number of benzene rings is 1. The van der Waals surface area contributed by atoms with Crippen LogP contribution < -0.4 is 5.48 Å². The van der Waals surface area contributed by atoms with Gasteiger partial charge < -0.3 is 0 Å². The molecule has 1 aliphatic heterocycles. The summed E-state index contributed by atoms with van der Waals surface area (Å²) in [5.41, 5.74) is 3.83. The molecule has 33 heavy (non-hydrogen) atoms. The van der Waals surface area contributed by atoms with Crippen molar-refractivity contribution in [1.82, 2.24) is 25.4 Å². The molecule has 0 spiro atoms. The van der Waals surface area contributed by atoms with Crippen molar-refractivity contribution in [3.05, 3.63) is 53.1 Å². The first-order valence-corrected chi connectivity index (χ1v) is 11.7. The normalized spacial score (nSPS) is 21.2. The van der Waals surface area contributed by atoms with Gasteiger partial charge in [-0.3, -0.25) is 19.7 Å². The second-order valence-electron chi connectivity index (χ2n) is 8.62. The minimum absolute atomic E-state index is 0.00191. The molecule has 10 heteroatoms. The first-order chi connectivity index (χ1) is 16.0. The molecule has 1 aromatic carbocycles. The number of thiol groups is 1. The van der Waals surface area contributed by atoms with Gasteiger partial charge in [-0.15, -0.1) is 5.10 Å². The molecule has 0 radical (unpaired) electrons. The molecule has 2 atom stereocenters. The van der Waals surface area contributed by atoms with Crippen LogP contribution in [0.4, 0.5) is 4.39 Å². The van der Waals surface area contributed by atoms with E-state index in [1.165, 1.54) is 6.07 Å². The molecule has 2 heterocycles. The van der Waals surface area contributed by atoms with E-state index in [0.29, 0.717) is 31.6 Å². The summed E-state index contributed by atoms with van der Waals surface area (Å²) in [5.74, 6) is -0.708. The number of hydrogen-bond donors (Lipinski definition) is 3. The van der Waals surface area contributed by atoms with Crippen molar-refractivity contribution >= 4 is 30.4 Å². The number of amides is 1. The molecule has 2 unspecified atom stereocenters. The van der Waals surface area contributed by atoms with Crippen LogP contribution in [0.2, 0.25) is 0 Å². The van der Waals surface area contributed by atoms with Gasteiger partial charge in [0.1, 0.15) is 5.82 Å². The molecule has 176 valence electrons. The number of nitrogens with one attached hydrogen (secondary N) is 1. The number of nitrogens with zero attached hydrogens (tertiary/aromatic N) is 4. The predicted molar refractivity (Wildman–Crippen MR) is 123 cm³/mol. The maximum absolute atomic E-state index is 14.7. The summed E-state index contributed by atoms with van der Waals surface area (Å²) in [6.07, 6.45) is 6.74. The molecule has 2 fully saturated rings.